The number of hydrogen-bond acceptors (Lipinski definition) is 3. The summed E-state index contributed by atoms with van der Waals surface area (Å²) in [5.41, 5.74) is 2.66. The van der Waals surface area contributed by atoms with Crippen LogP contribution in [0.2, 0.25) is 0 Å². The molecule has 0 saturated carbocycles. The van der Waals surface area contributed by atoms with Gasteiger partial charge in [0.25, 0.3) is 0 Å². The number of aromatic amines is 1. The molecule has 0 amide bonds. The van der Waals surface area contributed by atoms with Crippen molar-refractivity contribution in [2.75, 3.05) is 6.61 Å². The van der Waals surface area contributed by atoms with Crippen LogP contribution in [0.15, 0.2) is 61.3 Å². The molecule has 5 nitrogen and oxygen atoms in total. The van der Waals surface area contributed by atoms with E-state index in [0.717, 1.165) is 22.0 Å². The van der Waals surface area contributed by atoms with Gasteiger partial charge in [0.15, 0.2) is 11.5 Å². The summed E-state index contributed by atoms with van der Waals surface area (Å²) in [6, 6.07) is 9.69. The lowest BCUT2D eigenvalue weighted by molar-refractivity contribution is 0.317. The summed E-state index contributed by atoms with van der Waals surface area (Å²) in [6.07, 6.45) is 7.15. The lowest BCUT2D eigenvalue weighted by Gasteiger charge is -2.20. The van der Waals surface area contributed by atoms with Crippen LogP contribution in [-0.2, 0) is 0 Å². The van der Waals surface area contributed by atoms with Crippen molar-refractivity contribution in [3.05, 3.63) is 78.3 Å². The van der Waals surface area contributed by atoms with Crippen molar-refractivity contribution >= 4 is 10.9 Å². The van der Waals surface area contributed by atoms with E-state index in [9.17, 15) is 9.50 Å². The number of phenolic OH excluding ortho intramolecular Hbond substituents is 1. The number of rotatable bonds is 5. The molecule has 2 heterocycles. The zero-order valence-corrected chi connectivity index (χ0v) is 14.2. The zero-order valence-electron chi connectivity index (χ0n) is 14.2. The van der Waals surface area contributed by atoms with E-state index in [1.807, 2.05) is 36.0 Å². The van der Waals surface area contributed by atoms with Crippen molar-refractivity contribution < 1.29 is 14.2 Å². The largest absolute Gasteiger partial charge is 0.504 e. The summed E-state index contributed by atoms with van der Waals surface area (Å²) in [5, 5.41) is 10.8. The SMILES string of the molecule is CCOc1cc(C(c2c[nH]c3ccc(F)cc23)n2ccnc2)ccc1O. The molecule has 4 aromatic rings. The molecule has 0 bridgehead atoms. The number of imidazole rings is 1. The second-order valence-electron chi connectivity index (χ2n) is 6.01. The number of aromatic hydroxyl groups is 1. The van der Waals surface area contributed by atoms with E-state index in [1.165, 1.54) is 12.1 Å². The summed E-state index contributed by atoms with van der Waals surface area (Å²) >= 11 is 0. The van der Waals surface area contributed by atoms with Crippen LogP contribution >= 0.6 is 0 Å². The number of ether oxygens (including phenoxy) is 1. The number of hydrogen-bond donors (Lipinski definition) is 2. The minimum absolute atomic E-state index is 0.0879. The van der Waals surface area contributed by atoms with E-state index < -0.39 is 0 Å². The molecule has 4 rings (SSSR count). The highest BCUT2D eigenvalue weighted by Gasteiger charge is 2.21. The van der Waals surface area contributed by atoms with E-state index in [2.05, 4.69) is 9.97 Å². The first-order chi connectivity index (χ1) is 12.7. The maximum absolute atomic E-state index is 13.8. The molecule has 0 radical (unpaired) electrons. The van der Waals surface area contributed by atoms with Crippen molar-refractivity contribution in [1.29, 1.82) is 0 Å². The summed E-state index contributed by atoms with van der Waals surface area (Å²) < 4.78 is 21.3. The molecule has 1 unspecified atom stereocenters. The minimum atomic E-state index is -0.288. The number of phenols is 1. The first-order valence-corrected chi connectivity index (χ1v) is 8.37. The highest BCUT2D eigenvalue weighted by Crippen LogP contribution is 2.36. The third-order valence-electron chi connectivity index (χ3n) is 4.39. The molecule has 0 saturated heterocycles. The lowest BCUT2D eigenvalue weighted by Crippen LogP contribution is -2.10. The Kier molecular flexibility index (Phi) is 4.08. The average molecular weight is 351 g/mol. The molecule has 26 heavy (non-hydrogen) atoms. The van der Waals surface area contributed by atoms with Crippen LogP contribution in [0.25, 0.3) is 10.9 Å². The Hall–Kier alpha value is -3.28. The predicted molar refractivity (Wildman–Crippen MR) is 97.0 cm³/mol. The molecular formula is C20H18FN3O2. The fourth-order valence-electron chi connectivity index (χ4n) is 3.25. The fraction of sp³-hybridized carbons (Fsp3) is 0.150. The summed E-state index contributed by atoms with van der Waals surface area (Å²) in [5.74, 6) is 0.217. The van der Waals surface area contributed by atoms with Crippen molar-refractivity contribution in [2.24, 2.45) is 0 Å². The topological polar surface area (TPSA) is 63.1 Å². The van der Waals surface area contributed by atoms with Crippen LogP contribution < -0.4 is 4.74 Å². The van der Waals surface area contributed by atoms with Gasteiger partial charge in [-0.3, -0.25) is 0 Å². The molecule has 2 aromatic heterocycles. The fourth-order valence-corrected chi connectivity index (χ4v) is 3.25. The number of fused-ring (bicyclic) bond motifs is 1. The molecule has 0 fully saturated rings. The van der Waals surface area contributed by atoms with Gasteiger partial charge in [0.1, 0.15) is 5.82 Å². The molecule has 2 aromatic carbocycles. The van der Waals surface area contributed by atoms with Gasteiger partial charge < -0.3 is 19.4 Å². The number of halogens is 1. The summed E-state index contributed by atoms with van der Waals surface area (Å²) in [6.45, 7) is 2.31. The van der Waals surface area contributed by atoms with Crippen LogP contribution in [0, 0.1) is 5.82 Å². The zero-order chi connectivity index (χ0) is 18.1. The Morgan fingerprint density at radius 2 is 2.15 bits per heavy atom. The first kappa shape index (κ1) is 16.2. The average Bonchev–Trinajstić information content (AvgIpc) is 3.29. The number of nitrogens with one attached hydrogen (secondary N) is 1. The number of nitrogens with zero attached hydrogens (tertiary/aromatic N) is 2. The Morgan fingerprint density at radius 3 is 2.92 bits per heavy atom. The second kappa shape index (κ2) is 6.55. The van der Waals surface area contributed by atoms with E-state index in [1.54, 1.807) is 24.7 Å². The number of aromatic nitrogens is 3. The normalized spacial score (nSPS) is 12.4. The van der Waals surface area contributed by atoms with Crippen LogP contribution in [-0.4, -0.2) is 26.2 Å². The van der Waals surface area contributed by atoms with Gasteiger partial charge in [0.2, 0.25) is 0 Å². The first-order valence-electron chi connectivity index (χ1n) is 8.37. The van der Waals surface area contributed by atoms with Crippen molar-refractivity contribution in [3.8, 4) is 11.5 Å². The van der Waals surface area contributed by atoms with Crippen molar-refractivity contribution in [3.63, 3.8) is 0 Å². The highest BCUT2D eigenvalue weighted by molar-refractivity contribution is 5.84. The minimum Gasteiger partial charge on any atom is -0.504 e. The van der Waals surface area contributed by atoms with Crippen LogP contribution in [0.3, 0.4) is 0 Å². The van der Waals surface area contributed by atoms with Gasteiger partial charge in [-0.05, 0) is 42.8 Å². The number of benzene rings is 2. The second-order valence-corrected chi connectivity index (χ2v) is 6.01. The van der Waals surface area contributed by atoms with Gasteiger partial charge in [0, 0.05) is 35.1 Å². The predicted octanol–water partition coefficient (Wildman–Crippen LogP) is 4.25. The molecule has 0 spiro atoms. The van der Waals surface area contributed by atoms with Gasteiger partial charge in [-0.25, -0.2) is 9.37 Å². The smallest absolute Gasteiger partial charge is 0.161 e. The molecule has 1 atom stereocenters. The quantitative estimate of drug-likeness (QED) is 0.565. The monoisotopic (exact) mass is 351 g/mol. The Bertz CT molecular complexity index is 1040. The molecule has 0 aliphatic rings. The van der Waals surface area contributed by atoms with Crippen molar-refractivity contribution in [2.45, 2.75) is 13.0 Å². The van der Waals surface area contributed by atoms with Gasteiger partial charge in [0.05, 0.1) is 19.0 Å². The number of H-pyrrole nitrogens is 1. The standard InChI is InChI=1S/C20H18FN3O2/c1-2-26-19-9-13(3-6-18(19)25)20(24-8-7-22-12-24)16-11-23-17-5-4-14(21)10-15(16)17/h3-12,20,23,25H,2H2,1H3. The van der Waals surface area contributed by atoms with E-state index in [0.29, 0.717) is 12.4 Å². The maximum Gasteiger partial charge on any atom is 0.161 e. The molecule has 2 N–H and O–H groups in total. The van der Waals surface area contributed by atoms with Gasteiger partial charge in [-0.15, -0.1) is 0 Å². The van der Waals surface area contributed by atoms with Gasteiger partial charge in [-0.1, -0.05) is 6.07 Å². The molecule has 6 heteroatoms. The van der Waals surface area contributed by atoms with Crippen LogP contribution in [0.4, 0.5) is 4.39 Å². The van der Waals surface area contributed by atoms with Crippen LogP contribution in [0.1, 0.15) is 24.1 Å². The van der Waals surface area contributed by atoms with E-state index in [4.69, 9.17) is 4.74 Å². The van der Waals surface area contributed by atoms with Crippen LogP contribution in [0.5, 0.6) is 11.5 Å². The lowest BCUT2D eigenvalue weighted by atomic mass is 9.97. The third-order valence-corrected chi connectivity index (χ3v) is 4.39. The molecule has 0 aliphatic heterocycles. The van der Waals surface area contributed by atoms with E-state index in [-0.39, 0.29) is 17.6 Å². The van der Waals surface area contributed by atoms with Gasteiger partial charge >= 0.3 is 0 Å². The van der Waals surface area contributed by atoms with Gasteiger partial charge in [-0.2, -0.15) is 0 Å². The van der Waals surface area contributed by atoms with Crippen molar-refractivity contribution in [1.82, 2.24) is 14.5 Å². The Balaban J connectivity index is 1.91. The Morgan fingerprint density at radius 1 is 1.27 bits per heavy atom. The highest BCUT2D eigenvalue weighted by atomic mass is 19.1. The molecule has 0 aliphatic carbocycles. The molecule has 132 valence electrons. The van der Waals surface area contributed by atoms with E-state index >= 15 is 0 Å². The maximum atomic E-state index is 13.8. The summed E-state index contributed by atoms with van der Waals surface area (Å²) in [4.78, 5) is 7.35. The summed E-state index contributed by atoms with van der Waals surface area (Å²) in [7, 11) is 0. The Labute approximate surface area is 149 Å². The molecular weight excluding hydrogens is 333 g/mol. The third kappa shape index (κ3) is 2.79.